The van der Waals surface area contributed by atoms with Crippen molar-refractivity contribution >= 4 is 23.2 Å². The van der Waals surface area contributed by atoms with Gasteiger partial charge in [-0.25, -0.2) is 0 Å². The maximum Gasteiger partial charge on any atom is 0.241 e. The zero-order chi connectivity index (χ0) is 24.2. The van der Waals surface area contributed by atoms with Gasteiger partial charge < -0.3 is 14.7 Å². The summed E-state index contributed by atoms with van der Waals surface area (Å²) < 4.78 is 5.45. The third-order valence-corrected chi connectivity index (χ3v) is 7.33. The van der Waals surface area contributed by atoms with Crippen molar-refractivity contribution in [2.45, 2.75) is 45.2 Å². The lowest BCUT2D eigenvalue weighted by atomic mass is 9.95. The Bertz CT molecular complexity index is 1130. The lowest BCUT2D eigenvalue weighted by molar-refractivity contribution is -0.127. The maximum atomic E-state index is 12.9. The van der Waals surface area contributed by atoms with E-state index in [1.807, 2.05) is 24.3 Å². The summed E-state index contributed by atoms with van der Waals surface area (Å²) in [5.74, 6) is 1.29. The molecule has 2 aromatic carbocycles. The summed E-state index contributed by atoms with van der Waals surface area (Å²) in [7, 11) is 0. The standard InChI is InChI=1S/C27H32ClN5O2/c1-19(20-7-9-24(10-8-20)33-13-2-3-14-33)29-27(34)21-11-15-32(16-12-21)18-25-30-26(31-35-25)22-5-4-6-23(28)17-22/h4-10,17,19,21H,2-3,11-16,18H2,1H3,(H,29,34). The number of aromatic nitrogens is 2. The van der Waals surface area contributed by atoms with Crippen LogP contribution < -0.4 is 10.2 Å². The number of benzene rings is 2. The predicted octanol–water partition coefficient (Wildman–Crippen LogP) is 5.08. The van der Waals surface area contributed by atoms with Crippen molar-refractivity contribution < 1.29 is 9.32 Å². The van der Waals surface area contributed by atoms with Crippen LogP contribution in [-0.4, -0.2) is 47.1 Å². The Morgan fingerprint density at radius 2 is 1.86 bits per heavy atom. The molecule has 0 bridgehead atoms. The first-order valence-corrected chi connectivity index (χ1v) is 12.9. The first kappa shape index (κ1) is 23.8. The number of amides is 1. The zero-order valence-electron chi connectivity index (χ0n) is 20.1. The molecule has 0 radical (unpaired) electrons. The van der Waals surface area contributed by atoms with Crippen LogP contribution in [0.15, 0.2) is 53.1 Å². The molecule has 1 amide bonds. The molecule has 2 aliphatic rings. The molecule has 1 unspecified atom stereocenters. The number of likely N-dealkylation sites (tertiary alicyclic amines) is 1. The smallest absolute Gasteiger partial charge is 0.241 e. The van der Waals surface area contributed by atoms with Crippen molar-refractivity contribution in [2.24, 2.45) is 5.92 Å². The highest BCUT2D eigenvalue weighted by atomic mass is 35.5. The molecule has 2 saturated heterocycles. The van der Waals surface area contributed by atoms with Crippen molar-refractivity contribution in [3.05, 3.63) is 65.0 Å². The van der Waals surface area contributed by atoms with Crippen LogP contribution in [-0.2, 0) is 11.3 Å². The van der Waals surface area contributed by atoms with E-state index in [0.29, 0.717) is 23.3 Å². The van der Waals surface area contributed by atoms with Crippen LogP contribution in [0.1, 0.15) is 50.1 Å². The second-order valence-electron chi connectivity index (χ2n) is 9.59. The number of rotatable bonds is 7. The van der Waals surface area contributed by atoms with Crippen LogP contribution in [0.4, 0.5) is 5.69 Å². The summed E-state index contributed by atoms with van der Waals surface area (Å²) in [6.45, 7) is 6.57. The second-order valence-corrected chi connectivity index (χ2v) is 10.0. The van der Waals surface area contributed by atoms with E-state index in [4.69, 9.17) is 16.1 Å². The molecular weight excluding hydrogens is 462 g/mol. The van der Waals surface area contributed by atoms with Crippen molar-refractivity contribution in [3.63, 3.8) is 0 Å². The van der Waals surface area contributed by atoms with Gasteiger partial charge in [0.05, 0.1) is 12.6 Å². The highest BCUT2D eigenvalue weighted by molar-refractivity contribution is 6.30. The van der Waals surface area contributed by atoms with Gasteiger partial charge >= 0.3 is 0 Å². The predicted molar refractivity (Wildman–Crippen MR) is 137 cm³/mol. The van der Waals surface area contributed by atoms with E-state index < -0.39 is 0 Å². The Morgan fingerprint density at radius 3 is 2.57 bits per heavy atom. The first-order valence-electron chi connectivity index (χ1n) is 12.5. The maximum absolute atomic E-state index is 12.9. The molecule has 184 valence electrons. The van der Waals surface area contributed by atoms with Crippen LogP contribution in [0.2, 0.25) is 5.02 Å². The highest BCUT2D eigenvalue weighted by Crippen LogP contribution is 2.25. The average Bonchev–Trinajstić information content (AvgIpc) is 3.57. The molecule has 7 nitrogen and oxygen atoms in total. The fraction of sp³-hybridized carbons (Fsp3) is 0.444. The molecule has 0 saturated carbocycles. The quantitative estimate of drug-likeness (QED) is 0.494. The minimum absolute atomic E-state index is 0.00328. The summed E-state index contributed by atoms with van der Waals surface area (Å²) in [5.41, 5.74) is 3.26. The van der Waals surface area contributed by atoms with E-state index in [1.54, 1.807) is 0 Å². The molecule has 0 aliphatic carbocycles. The zero-order valence-corrected chi connectivity index (χ0v) is 20.9. The van der Waals surface area contributed by atoms with Gasteiger partial charge in [-0.15, -0.1) is 0 Å². The number of halogens is 1. The summed E-state index contributed by atoms with van der Waals surface area (Å²) in [4.78, 5) is 22.1. The van der Waals surface area contributed by atoms with E-state index in [0.717, 1.165) is 50.1 Å². The molecule has 35 heavy (non-hydrogen) atoms. The average molecular weight is 494 g/mol. The Balaban J connectivity index is 1.09. The largest absolute Gasteiger partial charge is 0.372 e. The van der Waals surface area contributed by atoms with Crippen LogP contribution >= 0.6 is 11.6 Å². The van der Waals surface area contributed by atoms with Gasteiger partial charge in [-0.1, -0.05) is 41.0 Å². The number of carbonyl (C=O) groups excluding carboxylic acids is 1. The third kappa shape index (κ3) is 5.85. The Kier molecular flexibility index (Phi) is 7.35. The fourth-order valence-electron chi connectivity index (χ4n) is 4.97. The van der Waals surface area contributed by atoms with E-state index in [2.05, 4.69) is 56.4 Å². The van der Waals surface area contributed by atoms with Crippen LogP contribution in [0, 0.1) is 5.92 Å². The molecule has 1 atom stereocenters. The van der Waals surface area contributed by atoms with Crippen LogP contribution in [0.3, 0.4) is 0 Å². The number of carbonyl (C=O) groups is 1. The molecule has 1 aromatic heterocycles. The van der Waals surface area contributed by atoms with Gasteiger partial charge in [0.25, 0.3) is 0 Å². The SMILES string of the molecule is CC(NC(=O)C1CCN(Cc2nc(-c3cccc(Cl)c3)no2)CC1)c1ccc(N2CCCC2)cc1. The molecule has 5 rings (SSSR count). The van der Waals surface area contributed by atoms with Gasteiger partial charge in [0, 0.05) is 35.3 Å². The molecule has 2 aliphatic heterocycles. The third-order valence-electron chi connectivity index (χ3n) is 7.09. The topological polar surface area (TPSA) is 74.5 Å². The second kappa shape index (κ2) is 10.8. The summed E-state index contributed by atoms with van der Waals surface area (Å²) in [6, 6.07) is 16.1. The van der Waals surface area contributed by atoms with Gasteiger partial charge in [-0.3, -0.25) is 9.69 Å². The normalized spacial score (nSPS) is 18.1. The van der Waals surface area contributed by atoms with Crippen molar-refractivity contribution in [3.8, 4) is 11.4 Å². The highest BCUT2D eigenvalue weighted by Gasteiger charge is 2.27. The Labute approximate surface area is 211 Å². The van der Waals surface area contributed by atoms with Crippen molar-refractivity contribution in [1.82, 2.24) is 20.4 Å². The minimum Gasteiger partial charge on any atom is -0.372 e. The molecule has 3 aromatic rings. The molecule has 3 heterocycles. The molecular formula is C27H32ClN5O2. The van der Waals surface area contributed by atoms with Gasteiger partial charge in [-0.2, -0.15) is 4.98 Å². The first-order chi connectivity index (χ1) is 17.0. The number of nitrogens with zero attached hydrogens (tertiary/aromatic N) is 4. The fourth-order valence-corrected chi connectivity index (χ4v) is 5.16. The molecule has 8 heteroatoms. The van der Waals surface area contributed by atoms with Crippen molar-refractivity contribution in [1.29, 1.82) is 0 Å². The monoisotopic (exact) mass is 493 g/mol. The van der Waals surface area contributed by atoms with E-state index in [1.165, 1.54) is 18.5 Å². The summed E-state index contributed by atoms with van der Waals surface area (Å²) in [5, 5.41) is 7.95. The van der Waals surface area contributed by atoms with Gasteiger partial charge in [0.1, 0.15) is 0 Å². The van der Waals surface area contributed by atoms with Gasteiger partial charge in [0.2, 0.25) is 17.6 Å². The van der Waals surface area contributed by atoms with Gasteiger partial charge in [0.15, 0.2) is 0 Å². The number of nitrogens with one attached hydrogen (secondary N) is 1. The Morgan fingerprint density at radius 1 is 1.11 bits per heavy atom. The van der Waals surface area contributed by atoms with E-state index in [-0.39, 0.29) is 17.9 Å². The van der Waals surface area contributed by atoms with Crippen molar-refractivity contribution in [2.75, 3.05) is 31.1 Å². The molecule has 0 spiro atoms. The van der Waals surface area contributed by atoms with E-state index >= 15 is 0 Å². The lowest BCUT2D eigenvalue weighted by Gasteiger charge is -2.31. The van der Waals surface area contributed by atoms with Crippen LogP contribution in [0.25, 0.3) is 11.4 Å². The van der Waals surface area contributed by atoms with Crippen LogP contribution in [0.5, 0.6) is 0 Å². The van der Waals surface area contributed by atoms with E-state index in [9.17, 15) is 4.79 Å². The number of piperidine rings is 1. The number of hydrogen-bond acceptors (Lipinski definition) is 6. The number of hydrogen-bond donors (Lipinski definition) is 1. The lowest BCUT2D eigenvalue weighted by Crippen LogP contribution is -2.40. The minimum atomic E-state index is -0.00328. The molecule has 1 N–H and O–H groups in total. The summed E-state index contributed by atoms with van der Waals surface area (Å²) >= 11 is 6.06. The molecule has 2 fully saturated rings. The number of anilines is 1. The van der Waals surface area contributed by atoms with Gasteiger partial charge in [-0.05, 0) is 75.5 Å². The summed E-state index contributed by atoms with van der Waals surface area (Å²) in [6.07, 6.45) is 4.18. The Hall–Kier alpha value is -2.90.